The maximum Gasteiger partial charge on any atom is 0.293 e. The van der Waals surface area contributed by atoms with Crippen molar-refractivity contribution in [1.82, 2.24) is 4.90 Å². The van der Waals surface area contributed by atoms with Gasteiger partial charge in [-0.1, -0.05) is 54.1 Å². The van der Waals surface area contributed by atoms with E-state index in [0.29, 0.717) is 38.1 Å². The first-order valence-corrected chi connectivity index (χ1v) is 11.2. The second-order valence-electron chi connectivity index (χ2n) is 7.15. The third kappa shape index (κ3) is 5.21. The lowest BCUT2D eigenvalue weighted by atomic mass is 10.1. The molecule has 0 spiro atoms. The SMILES string of the molecule is COc1cc(/C=C2/SC(=O)N(Cc3ccccc3Cl)C2=O)ccc1OCc1ccccc1F. The molecule has 0 radical (unpaired) electrons. The van der Waals surface area contributed by atoms with E-state index >= 15 is 0 Å². The molecule has 2 amide bonds. The van der Waals surface area contributed by atoms with Crippen molar-refractivity contribution < 1.29 is 23.5 Å². The molecule has 1 aliphatic heterocycles. The van der Waals surface area contributed by atoms with Crippen molar-refractivity contribution in [2.24, 2.45) is 0 Å². The minimum absolute atomic E-state index is 0.0450. The smallest absolute Gasteiger partial charge is 0.293 e. The summed E-state index contributed by atoms with van der Waals surface area (Å²) in [6.45, 7) is 0.150. The highest BCUT2D eigenvalue weighted by atomic mass is 35.5. The molecule has 1 aliphatic rings. The summed E-state index contributed by atoms with van der Waals surface area (Å²) in [5, 5.41) is 0.138. The Labute approximate surface area is 199 Å². The first kappa shape index (κ1) is 22.9. The summed E-state index contributed by atoms with van der Waals surface area (Å²) in [6, 6.07) is 18.6. The molecule has 168 valence electrons. The number of halogens is 2. The zero-order valence-corrected chi connectivity index (χ0v) is 19.2. The third-order valence-corrected chi connectivity index (χ3v) is 6.26. The molecule has 1 saturated heterocycles. The Morgan fingerprint density at radius 1 is 1.00 bits per heavy atom. The number of carbonyl (C=O) groups is 2. The molecular weight excluding hydrogens is 465 g/mol. The van der Waals surface area contributed by atoms with Gasteiger partial charge < -0.3 is 9.47 Å². The average molecular weight is 484 g/mol. The molecule has 0 bridgehead atoms. The van der Waals surface area contributed by atoms with E-state index in [1.54, 1.807) is 66.7 Å². The van der Waals surface area contributed by atoms with Gasteiger partial charge in [0.05, 0.1) is 18.6 Å². The van der Waals surface area contributed by atoms with E-state index in [4.69, 9.17) is 21.1 Å². The molecule has 5 nitrogen and oxygen atoms in total. The molecule has 1 fully saturated rings. The highest BCUT2D eigenvalue weighted by Gasteiger charge is 2.35. The molecule has 1 heterocycles. The molecule has 0 aliphatic carbocycles. The van der Waals surface area contributed by atoms with Crippen LogP contribution >= 0.6 is 23.4 Å². The number of carbonyl (C=O) groups excluding carboxylic acids is 2. The number of benzene rings is 3. The van der Waals surface area contributed by atoms with Crippen molar-refractivity contribution in [3.63, 3.8) is 0 Å². The van der Waals surface area contributed by atoms with Crippen LogP contribution in [0.3, 0.4) is 0 Å². The summed E-state index contributed by atoms with van der Waals surface area (Å²) < 4.78 is 25.0. The van der Waals surface area contributed by atoms with E-state index in [1.807, 2.05) is 0 Å². The van der Waals surface area contributed by atoms with Gasteiger partial charge in [0.15, 0.2) is 11.5 Å². The lowest BCUT2D eigenvalue weighted by Crippen LogP contribution is -2.27. The molecule has 3 aromatic rings. The second-order valence-corrected chi connectivity index (χ2v) is 8.55. The summed E-state index contributed by atoms with van der Waals surface area (Å²) in [4.78, 5) is 26.7. The predicted octanol–water partition coefficient (Wildman–Crippen LogP) is 6.30. The number of methoxy groups -OCH3 is 1. The number of nitrogens with zero attached hydrogens (tertiary/aromatic N) is 1. The molecule has 33 heavy (non-hydrogen) atoms. The van der Waals surface area contributed by atoms with Gasteiger partial charge >= 0.3 is 0 Å². The van der Waals surface area contributed by atoms with Gasteiger partial charge in [-0.2, -0.15) is 0 Å². The standard InChI is InChI=1S/C25H19ClFNO4S/c1-31-22-12-16(10-11-21(22)32-15-18-7-3-5-9-20(18)27)13-23-24(29)28(25(30)33-23)14-17-6-2-4-8-19(17)26/h2-13H,14-15H2,1H3/b23-13+. The van der Waals surface area contributed by atoms with Crippen molar-refractivity contribution in [3.8, 4) is 11.5 Å². The summed E-state index contributed by atoms with van der Waals surface area (Å²) in [5.41, 5.74) is 1.78. The molecule has 4 rings (SSSR count). The molecule has 0 unspecified atom stereocenters. The summed E-state index contributed by atoms with van der Waals surface area (Å²) >= 11 is 7.04. The molecule has 0 aromatic heterocycles. The van der Waals surface area contributed by atoms with Crippen molar-refractivity contribution in [3.05, 3.63) is 99.2 Å². The lowest BCUT2D eigenvalue weighted by molar-refractivity contribution is -0.123. The molecule has 3 aromatic carbocycles. The van der Waals surface area contributed by atoms with Crippen LogP contribution in [-0.2, 0) is 17.9 Å². The molecule has 0 saturated carbocycles. The highest BCUT2D eigenvalue weighted by molar-refractivity contribution is 8.18. The third-order valence-electron chi connectivity index (χ3n) is 4.99. The number of hydrogen-bond donors (Lipinski definition) is 0. The molecule has 8 heteroatoms. The first-order chi connectivity index (χ1) is 16.0. The van der Waals surface area contributed by atoms with Crippen molar-refractivity contribution in [2.75, 3.05) is 7.11 Å². The summed E-state index contributed by atoms with van der Waals surface area (Å²) in [5.74, 6) is 0.129. The number of amides is 2. The van der Waals surface area contributed by atoms with Crippen LogP contribution in [0.5, 0.6) is 11.5 Å². The van der Waals surface area contributed by atoms with Crippen LogP contribution in [0.25, 0.3) is 6.08 Å². The van der Waals surface area contributed by atoms with Crippen LogP contribution in [-0.4, -0.2) is 23.2 Å². The van der Waals surface area contributed by atoms with Crippen LogP contribution in [0.15, 0.2) is 71.6 Å². The number of hydrogen-bond acceptors (Lipinski definition) is 5. The van der Waals surface area contributed by atoms with E-state index < -0.39 is 0 Å². The van der Waals surface area contributed by atoms with Gasteiger partial charge in [-0.15, -0.1) is 0 Å². The van der Waals surface area contributed by atoms with Crippen molar-refractivity contribution >= 4 is 40.6 Å². The topological polar surface area (TPSA) is 55.8 Å². The fourth-order valence-corrected chi connectivity index (χ4v) is 4.28. The monoisotopic (exact) mass is 483 g/mol. The predicted molar refractivity (Wildman–Crippen MR) is 127 cm³/mol. The lowest BCUT2D eigenvalue weighted by Gasteiger charge is -2.13. The Morgan fingerprint density at radius 2 is 1.73 bits per heavy atom. The minimum Gasteiger partial charge on any atom is -0.493 e. The second kappa shape index (κ2) is 10.1. The fraction of sp³-hybridized carbons (Fsp3) is 0.120. The van der Waals surface area contributed by atoms with Gasteiger partial charge in [0.2, 0.25) is 0 Å². The van der Waals surface area contributed by atoms with Gasteiger partial charge in [-0.05, 0) is 53.2 Å². The maximum atomic E-state index is 13.8. The average Bonchev–Trinajstić information content (AvgIpc) is 3.07. The van der Waals surface area contributed by atoms with Crippen molar-refractivity contribution in [1.29, 1.82) is 0 Å². The Morgan fingerprint density at radius 3 is 2.45 bits per heavy atom. The quantitative estimate of drug-likeness (QED) is 0.369. The number of thioether (sulfide) groups is 1. The summed E-state index contributed by atoms with van der Waals surface area (Å²) in [7, 11) is 1.49. The van der Waals surface area contributed by atoms with E-state index in [0.717, 1.165) is 11.8 Å². The van der Waals surface area contributed by atoms with Crippen LogP contribution in [0.1, 0.15) is 16.7 Å². The van der Waals surface area contributed by atoms with Gasteiger partial charge in [-0.25, -0.2) is 4.39 Å². The Kier molecular flexibility index (Phi) is 7.01. The van der Waals surface area contributed by atoms with E-state index in [2.05, 4.69) is 0 Å². The van der Waals surface area contributed by atoms with Crippen LogP contribution < -0.4 is 9.47 Å². The van der Waals surface area contributed by atoms with E-state index in [-0.39, 0.29) is 30.1 Å². The van der Waals surface area contributed by atoms with E-state index in [1.165, 1.54) is 18.1 Å². The minimum atomic E-state index is -0.385. The maximum absolute atomic E-state index is 13.8. The van der Waals surface area contributed by atoms with Crippen molar-refractivity contribution in [2.45, 2.75) is 13.2 Å². The zero-order valence-electron chi connectivity index (χ0n) is 17.6. The molecular formula is C25H19ClFNO4S. The van der Waals surface area contributed by atoms with Crippen LogP contribution in [0.2, 0.25) is 5.02 Å². The van der Waals surface area contributed by atoms with Gasteiger partial charge in [0.25, 0.3) is 11.1 Å². The van der Waals surface area contributed by atoms with Gasteiger partial charge in [0, 0.05) is 10.6 Å². The van der Waals surface area contributed by atoms with Gasteiger partial charge in [0.1, 0.15) is 12.4 Å². The first-order valence-electron chi connectivity index (χ1n) is 9.99. The Hall–Kier alpha value is -3.29. The Bertz CT molecular complexity index is 1250. The number of imide groups is 1. The number of ether oxygens (including phenoxy) is 2. The summed E-state index contributed by atoms with van der Waals surface area (Å²) in [6.07, 6.45) is 1.63. The normalized spacial score (nSPS) is 14.8. The van der Waals surface area contributed by atoms with E-state index in [9.17, 15) is 14.0 Å². The fourth-order valence-electron chi connectivity index (χ4n) is 3.25. The Balaban J connectivity index is 1.50. The zero-order chi connectivity index (χ0) is 23.4. The largest absolute Gasteiger partial charge is 0.493 e. The van der Waals surface area contributed by atoms with Crippen LogP contribution in [0.4, 0.5) is 9.18 Å². The number of rotatable bonds is 7. The molecule has 0 N–H and O–H groups in total. The van der Waals surface area contributed by atoms with Gasteiger partial charge in [-0.3, -0.25) is 14.5 Å². The highest BCUT2D eigenvalue weighted by Crippen LogP contribution is 2.36. The van der Waals surface area contributed by atoms with Crippen LogP contribution in [0, 0.1) is 5.82 Å². The molecule has 0 atom stereocenters.